The number of amides is 1. The van der Waals surface area contributed by atoms with Crippen LogP contribution in [0.25, 0.3) is 0 Å². The van der Waals surface area contributed by atoms with E-state index in [9.17, 15) is 4.79 Å². The monoisotopic (exact) mass is 220 g/mol. The second-order valence-corrected chi connectivity index (χ2v) is 3.55. The molecule has 0 saturated heterocycles. The molecule has 0 aromatic rings. The Labute approximate surface area is 91.8 Å². The minimum atomic E-state index is 0.0551. The van der Waals surface area contributed by atoms with Crippen LogP contribution < -0.4 is 5.32 Å². The van der Waals surface area contributed by atoms with Crippen LogP contribution in [0, 0.1) is 0 Å². The maximum Gasteiger partial charge on any atom is 0.221 e. The second-order valence-electron chi connectivity index (χ2n) is 3.17. The normalized spacial score (nSPS) is 10.6. The molecule has 84 valence electrons. The fraction of sp³-hybridized carbons (Fsp3) is 0.900. The van der Waals surface area contributed by atoms with Crippen LogP contribution in [0.15, 0.2) is 0 Å². The Kier molecular flexibility index (Phi) is 9.10. The molecule has 1 amide bonds. The molecular formula is C10H21ClN2O. The van der Waals surface area contributed by atoms with Crippen molar-refractivity contribution in [2.24, 2.45) is 0 Å². The van der Waals surface area contributed by atoms with Gasteiger partial charge in [0.05, 0.1) is 0 Å². The first kappa shape index (κ1) is 13.7. The van der Waals surface area contributed by atoms with Gasteiger partial charge in [0, 0.05) is 18.8 Å². The molecule has 0 aliphatic carbocycles. The van der Waals surface area contributed by atoms with Crippen molar-refractivity contribution in [3.8, 4) is 0 Å². The van der Waals surface area contributed by atoms with Gasteiger partial charge in [-0.05, 0) is 26.1 Å². The van der Waals surface area contributed by atoms with Crippen molar-refractivity contribution >= 4 is 17.5 Å². The van der Waals surface area contributed by atoms with Gasteiger partial charge in [-0.3, -0.25) is 4.79 Å². The Morgan fingerprint density at radius 3 is 2.50 bits per heavy atom. The van der Waals surface area contributed by atoms with Crippen molar-refractivity contribution in [1.82, 2.24) is 10.2 Å². The van der Waals surface area contributed by atoms with Crippen molar-refractivity contribution < 1.29 is 4.79 Å². The summed E-state index contributed by atoms with van der Waals surface area (Å²) in [6.07, 6.45) is 1.43. The first-order valence-electron chi connectivity index (χ1n) is 5.29. The molecule has 0 aliphatic rings. The van der Waals surface area contributed by atoms with Gasteiger partial charge in [-0.15, -0.1) is 11.6 Å². The van der Waals surface area contributed by atoms with Crippen LogP contribution in [0.4, 0.5) is 0 Å². The number of carbonyl (C=O) groups is 1. The number of rotatable bonds is 8. The van der Waals surface area contributed by atoms with Gasteiger partial charge in [0.15, 0.2) is 0 Å². The molecule has 0 unspecified atom stereocenters. The largest absolute Gasteiger partial charge is 0.356 e. The highest BCUT2D eigenvalue weighted by molar-refractivity contribution is 6.18. The molecule has 0 bridgehead atoms. The highest BCUT2D eigenvalue weighted by Gasteiger charge is 2.00. The number of alkyl halides is 1. The molecule has 0 atom stereocenters. The van der Waals surface area contributed by atoms with Gasteiger partial charge in [-0.1, -0.05) is 13.8 Å². The Hall–Kier alpha value is -0.280. The van der Waals surface area contributed by atoms with E-state index in [0.29, 0.717) is 12.3 Å². The van der Waals surface area contributed by atoms with Crippen molar-refractivity contribution in [2.45, 2.75) is 26.7 Å². The lowest BCUT2D eigenvalue weighted by Crippen LogP contribution is -2.29. The van der Waals surface area contributed by atoms with E-state index in [4.69, 9.17) is 11.6 Å². The van der Waals surface area contributed by atoms with Crippen LogP contribution >= 0.6 is 11.6 Å². The molecule has 0 fully saturated rings. The number of nitrogens with one attached hydrogen (secondary N) is 1. The van der Waals surface area contributed by atoms with Gasteiger partial charge in [0.25, 0.3) is 0 Å². The molecule has 1 N–H and O–H groups in total. The molecular weight excluding hydrogens is 200 g/mol. The van der Waals surface area contributed by atoms with Crippen molar-refractivity contribution in [2.75, 3.05) is 32.1 Å². The Balaban J connectivity index is 3.32. The molecule has 0 heterocycles. The summed E-state index contributed by atoms with van der Waals surface area (Å²) in [6.45, 7) is 8.25. The highest BCUT2D eigenvalue weighted by Crippen LogP contribution is 1.90. The van der Waals surface area contributed by atoms with Gasteiger partial charge in [-0.2, -0.15) is 0 Å². The van der Waals surface area contributed by atoms with Gasteiger partial charge in [-0.25, -0.2) is 0 Å². The molecule has 4 heteroatoms. The molecule has 0 aliphatic heterocycles. The van der Waals surface area contributed by atoms with E-state index < -0.39 is 0 Å². The summed E-state index contributed by atoms with van der Waals surface area (Å²) in [5.74, 6) is 0.460. The first-order chi connectivity index (χ1) is 6.74. The lowest BCUT2D eigenvalue weighted by Gasteiger charge is -2.17. The second kappa shape index (κ2) is 9.28. The van der Waals surface area contributed by atoms with Crippen LogP contribution in [-0.2, 0) is 4.79 Å². The summed E-state index contributed by atoms with van der Waals surface area (Å²) in [4.78, 5) is 13.4. The summed E-state index contributed by atoms with van der Waals surface area (Å²) in [7, 11) is 0. The Morgan fingerprint density at radius 1 is 1.36 bits per heavy atom. The summed E-state index contributed by atoms with van der Waals surface area (Å²) < 4.78 is 0. The first-order valence-corrected chi connectivity index (χ1v) is 5.83. The smallest absolute Gasteiger partial charge is 0.221 e. The van der Waals surface area contributed by atoms with E-state index in [-0.39, 0.29) is 5.91 Å². The van der Waals surface area contributed by atoms with E-state index in [1.54, 1.807) is 0 Å². The van der Waals surface area contributed by atoms with Gasteiger partial charge < -0.3 is 10.2 Å². The molecule has 0 aromatic heterocycles. The Morgan fingerprint density at radius 2 is 2.00 bits per heavy atom. The number of halogens is 1. The lowest BCUT2D eigenvalue weighted by molar-refractivity contribution is -0.120. The van der Waals surface area contributed by atoms with Gasteiger partial charge >= 0.3 is 0 Å². The zero-order chi connectivity index (χ0) is 10.8. The molecule has 3 nitrogen and oxygen atoms in total. The fourth-order valence-corrected chi connectivity index (χ4v) is 1.42. The zero-order valence-electron chi connectivity index (χ0n) is 9.18. The maximum atomic E-state index is 11.0. The standard InChI is InChI=1S/C10H21ClN2O/c1-3-13(4-2)9-5-8-12-10(14)6-7-11/h3-9H2,1-2H3,(H,12,14). The number of carbonyl (C=O) groups excluding carboxylic acids is 1. The van der Waals surface area contributed by atoms with Crippen LogP contribution in [0.3, 0.4) is 0 Å². The number of hydrogen-bond donors (Lipinski definition) is 1. The van der Waals surface area contributed by atoms with E-state index in [1.165, 1.54) is 0 Å². The maximum absolute atomic E-state index is 11.0. The number of nitrogens with zero attached hydrogens (tertiary/aromatic N) is 1. The molecule has 0 spiro atoms. The zero-order valence-corrected chi connectivity index (χ0v) is 9.94. The quantitative estimate of drug-likeness (QED) is 0.496. The summed E-state index contributed by atoms with van der Waals surface area (Å²) in [5, 5.41) is 2.84. The van der Waals surface area contributed by atoms with E-state index in [1.807, 2.05) is 0 Å². The average molecular weight is 221 g/mol. The van der Waals surface area contributed by atoms with Crippen molar-refractivity contribution in [3.05, 3.63) is 0 Å². The van der Waals surface area contributed by atoms with Crippen LogP contribution in [0.5, 0.6) is 0 Å². The summed E-state index contributed by atoms with van der Waals surface area (Å²) >= 11 is 5.44. The lowest BCUT2D eigenvalue weighted by atomic mass is 10.3. The summed E-state index contributed by atoms with van der Waals surface area (Å²) in [5.41, 5.74) is 0. The predicted octanol–water partition coefficient (Wildman–Crippen LogP) is 1.46. The van der Waals surface area contributed by atoms with Crippen LogP contribution in [-0.4, -0.2) is 42.9 Å². The predicted molar refractivity (Wildman–Crippen MR) is 60.8 cm³/mol. The SMILES string of the molecule is CCN(CC)CCCNC(=O)CCCl. The van der Waals surface area contributed by atoms with Crippen LogP contribution in [0.1, 0.15) is 26.7 Å². The van der Waals surface area contributed by atoms with Crippen molar-refractivity contribution in [1.29, 1.82) is 0 Å². The molecule has 0 aromatic carbocycles. The highest BCUT2D eigenvalue weighted by atomic mass is 35.5. The molecule has 14 heavy (non-hydrogen) atoms. The fourth-order valence-electron chi connectivity index (χ4n) is 1.24. The van der Waals surface area contributed by atoms with Crippen molar-refractivity contribution in [3.63, 3.8) is 0 Å². The minimum absolute atomic E-state index is 0.0551. The summed E-state index contributed by atoms with van der Waals surface area (Å²) in [6, 6.07) is 0. The van der Waals surface area contributed by atoms with Crippen LogP contribution in [0.2, 0.25) is 0 Å². The topological polar surface area (TPSA) is 32.3 Å². The van der Waals surface area contributed by atoms with E-state index in [0.717, 1.165) is 32.6 Å². The third-order valence-corrected chi connectivity index (χ3v) is 2.38. The molecule has 0 rings (SSSR count). The minimum Gasteiger partial charge on any atom is -0.356 e. The molecule has 0 radical (unpaired) electrons. The Bertz CT molecular complexity index is 149. The van der Waals surface area contributed by atoms with E-state index in [2.05, 4.69) is 24.1 Å². The molecule has 0 saturated carbocycles. The third-order valence-electron chi connectivity index (χ3n) is 2.19. The average Bonchev–Trinajstić information content (AvgIpc) is 2.19. The van der Waals surface area contributed by atoms with Gasteiger partial charge in [0.2, 0.25) is 5.91 Å². The van der Waals surface area contributed by atoms with E-state index >= 15 is 0 Å². The van der Waals surface area contributed by atoms with Gasteiger partial charge in [0.1, 0.15) is 0 Å². The number of hydrogen-bond acceptors (Lipinski definition) is 2. The third kappa shape index (κ3) is 7.15.